The molecule has 0 aliphatic carbocycles. The Hall–Kier alpha value is -1.06. The molecule has 0 amide bonds. The largest absolute Gasteiger partial charge is 0.493 e. The predicted molar refractivity (Wildman–Crippen MR) is 61.1 cm³/mol. The highest BCUT2D eigenvalue weighted by molar-refractivity contribution is 5.40. The summed E-state index contributed by atoms with van der Waals surface area (Å²) in [4.78, 5) is 2.15. The molecule has 1 heterocycles. The van der Waals surface area contributed by atoms with Crippen LogP contribution in [-0.4, -0.2) is 32.1 Å². The van der Waals surface area contributed by atoms with E-state index in [-0.39, 0.29) is 0 Å². The standard InChI is InChI=1S/C12H18N2O/c1-14(2)11(8-13)9-3-4-12-10(7-9)5-6-15-12/h3-4,7,11H,5-6,8,13H2,1-2H3. The molecule has 0 aromatic heterocycles. The number of benzene rings is 1. The number of hydrogen-bond donors (Lipinski definition) is 1. The lowest BCUT2D eigenvalue weighted by Gasteiger charge is -2.23. The highest BCUT2D eigenvalue weighted by atomic mass is 16.5. The summed E-state index contributed by atoms with van der Waals surface area (Å²) in [6.07, 6.45) is 1.02. The zero-order chi connectivity index (χ0) is 10.8. The molecule has 0 saturated carbocycles. The third-order valence-corrected chi connectivity index (χ3v) is 2.94. The first-order valence-electron chi connectivity index (χ1n) is 5.34. The predicted octanol–water partition coefficient (Wildman–Crippen LogP) is 1.18. The van der Waals surface area contributed by atoms with Crippen LogP contribution in [0.3, 0.4) is 0 Å². The molecule has 0 fully saturated rings. The van der Waals surface area contributed by atoms with Crippen LogP contribution in [0.5, 0.6) is 5.75 Å². The van der Waals surface area contributed by atoms with Gasteiger partial charge in [-0.2, -0.15) is 0 Å². The van der Waals surface area contributed by atoms with Crippen molar-refractivity contribution in [3.05, 3.63) is 29.3 Å². The molecule has 1 aliphatic heterocycles. The van der Waals surface area contributed by atoms with Gasteiger partial charge >= 0.3 is 0 Å². The van der Waals surface area contributed by atoms with Crippen molar-refractivity contribution >= 4 is 0 Å². The van der Waals surface area contributed by atoms with Crippen molar-refractivity contribution in [3.63, 3.8) is 0 Å². The van der Waals surface area contributed by atoms with Crippen molar-refractivity contribution in [1.82, 2.24) is 4.90 Å². The van der Waals surface area contributed by atoms with Crippen LogP contribution < -0.4 is 10.5 Å². The van der Waals surface area contributed by atoms with Gasteiger partial charge in [0.2, 0.25) is 0 Å². The molecule has 0 bridgehead atoms. The molecule has 3 nitrogen and oxygen atoms in total. The van der Waals surface area contributed by atoms with Crippen LogP contribution in [0.4, 0.5) is 0 Å². The maximum absolute atomic E-state index is 5.78. The first-order chi connectivity index (χ1) is 7.22. The molecule has 0 saturated heterocycles. The van der Waals surface area contributed by atoms with Crippen molar-refractivity contribution in [2.45, 2.75) is 12.5 Å². The fourth-order valence-corrected chi connectivity index (χ4v) is 2.06. The lowest BCUT2D eigenvalue weighted by Crippen LogP contribution is -2.27. The van der Waals surface area contributed by atoms with Gasteiger partial charge in [0, 0.05) is 19.0 Å². The third kappa shape index (κ3) is 1.98. The monoisotopic (exact) mass is 206 g/mol. The topological polar surface area (TPSA) is 38.5 Å². The van der Waals surface area contributed by atoms with Crippen LogP contribution in [0.2, 0.25) is 0 Å². The number of ether oxygens (including phenoxy) is 1. The molecular formula is C12H18N2O. The van der Waals surface area contributed by atoms with Crippen molar-refractivity contribution in [2.75, 3.05) is 27.2 Å². The molecule has 2 N–H and O–H groups in total. The minimum absolute atomic E-state index is 0.302. The first-order valence-corrected chi connectivity index (χ1v) is 5.34. The minimum Gasteiger partial charge on any atom is -0.493 e. The van der Waals surface area contributed by atoms with Crippen LogP contribution in [0.25, 0.3) is 0 Å². The van der Waals surface area contributed by atoms with Crippen LogP contribution in [0.15, 0.2) is 18.2 Å². The van der Waals surface area contributed by atoms with Gasteiger partial charge < -0.3 is 15.4 Å². The van der Waals surface area contributed by atoms with Gasteiger partial charge in [-0.3, -0.25) is 0 Å². The molecule has 0 radical (unpaired) electrons. The highest BCUT2D eigenvalue weighted by Crippen LogP contribution is 2.29. The zero-order valence-electron chi connectivity index (χ0n) is 9.36. The molecule has 82 valence electrons. The van der Waals surface area contributed by atoms with Crippen molar-refractivity contribution < 1.29 is 4.74 Å². The lowest BCUT2D eigenvalue weighted by molar-refractivity contribution is 0.306. The molecule has 15 heavy (non-hydrogen) atoms. The molecule has 1 aromatic rings. The van der Waals surface area contributed by atoms with Crippen molar-refractivity contribution in [2.24, 2.45) is 5.73 Å². The summed E-state index contributed by atoms with van der Waals surface area (Å²) in [6, 6.07) is 6.70. The number of nitrogens with two attached hydrogens (primary N) is 1. The van der Waals surface area contributed by atoms with Crippen LogP contribution in [-0.2, 0) is 6.42 Å². The maximum Gasteiger partial charge on any atom is 0.122 e. The second-order valence-electron chi connectivity index (χ2n) is 4.18. The van der Waals surface area contributed by atoms with Crippen molar-refractivity contribution in [3.8, 4) is 5.75 Å². The molecule has 0 spiro atoms. The normalized spacial score (nSPS) is 16.3. The summed E-state index contributed by atoms with van der Waals surface area (Å²) in [5.74, 6) is 1.04. The smallest absolute Gasteiger partial charge is 0.122 e. The van der Waals surface area contributed by atoms with E-state index in [1.807, 2.05) is 0 Å². The summed E-state index contributed by atoms with van der Waals surface area (Å²) in [5.41, 5.74) is 8.37. The average Bonchev–Trinajstić information content (AvgIpc) is 2.65. The van der Waals surface area contributed by atoms with Gasteiger partial charge in [0.15, 0.2) is 0 Å². The second kappa shape index (κ2) is 4.21. The summed E-state index contributed by atoms with van der Waals surface area (Å²) >= 11 is 0. The molecule has 3 heteroatoms. The molecule has 1 unspecified atom stereocenters. The van der Waals surface area contributed by atoms with E-state index in [0.29, 0.717) is 12.6 Å². The van der Waals surface area contributed by atoms with E-state index in [1.165, 1.54) is 11.1 Å². The Labute approximate surface area is 90.8 Å². The van der Waals surface area contributed by atoms with Gasteiger partial charge in [0.05, 0.1) is 6.61 Å². The Kier molecular flexibility index (Phi) is 2.93. The highest BCUT2D eigenvalue weighted by Gasteiger charge is 2.17. The van der Waals surface area contributed by atoms with Gasteiger partial charge in [-0.05, 0) is 31.3 Å². The Morgan fingerprint density at radius 1 is 1.47 bits per heavy atom. The average molecular weight is 206 g/mol. The molecule has 2 rings (SSSR count). The van der Waals surface area contributed by atoms with Gasteiger partial charge in [0.25, 0.3) is 0 Å². The Balaban J connectivity index is 2.28. The van der Waals surface area contributed by atoms with E-state index in [4.69, 9.17) is 10.5 Å². The second-order valence-corrected chi connectivity index (χ2v) is 4.18. The maximum atomic E-state index is 5.78. The molecule has 1 aliphatic rings. The van der Waals surface area contributed by atoms with E-state index >= 15 is 0 Å². The van der Waals surface area contributed by atoms with Gasteiger partial charge in [0.1, 0.15) is 5.75 Å². The number of likely N-dealkylation sites (N-methyl/N-ethyl adjacent to an activating group) is 1. The summed E-state index contributed by atoms with van der Waals surface area (Å²) in [5, 5.41) is 0. The summed E-state index contributed by atoms with van der Waals surface area (Å²) < 4.78 is 5.48. The van der Waals surface area contributed by atoms with Gasteiger partial charge in [-0.15, -0.1) is 0 Å². The number of nitrogens with zero attached hydrogens (tertiary/aromatic N) is 1. The van der Waals surface area contributed by atoms with Crippen LogP contribution in [0, 0.1) is 0 Å². The Bertz CT molecular complexity index is 349. The van der Waals surface area contributed by atoms with Gasteiger partial charge in [-0.25, -0.2) is 0 Å². The van der Waals surface area contributed by atoms with E-state index in [0.717, 1.165) is 18.8 Å². The van der Waals surface area contributed by atoms with E-state index in [9.17, 15) is 0 Å². The fourth-order valence-electron chi connectivity index (χ4n) is 2.06. The molecule has 1 aromatic carbocycles. The van der Waals surface area contributed by atoms with Crippen molar-refractivity contribution in [1.29, 1.82) is 0 Å². The number of hydrogen-bond acceptors (Lipinski definition) is 3. The number of rotatable bonds is 3. The summed E-state index contributed by atoms with van der Waals surface area (Å²) in [6.45, 7) is 1.46. The molecular weight excluding hydrogens is 188 g/mol. The minimum atomic E-state index is 0.302. The van der Waals surface area contributed by atoms with Crippen LogP contribution >= 0.6 is 0 Å². The third-order valence-electron chi connectivity index (χ3n) is 2.94. The Morgan fingerprint density at radius 2 is 2.27 bits per heavy atom. The van der Waals surface area contributed by atoms with Crippen LogP contribution in [0.1, 0.15) is 17.2 Å². The number of fused-ring (bicyclic) bond motifs is 1. The summed E-state index contributed by atoms with van der Waals surface area (Å²) in [7, 11) is 4.11. The zero-order valence-corrected chi connectivity index (χ0v) is 9.36. The van der Waals surface area contributed by atoms with Gasteiger partial charge in [-0.1, -0.05) is 12.1 Å². The van der Waals surface area contributed by atoms with E-state index < -0.39 is 0 Å². The SMILES string of the molecule is CN(C)C(CN)c1ccc2c(c1)CCO2. The van der Waals surface area contributed by atoms with E-state index in [1.54, 1.807) is 0 Å². The lowest BCUT2D eigenvalue weighted by atomic mass is 10.0. The quantitative estimate of drug-likeness (QED) is 0.807. The first kappa shape index (κ1) is 10.5. The van der Waals surface area contributed by atoms with E-state index in [2.05, 4.69) is 37.2 Å². The molecule has 1 atom stereocenters. The Morgan fingerprint density at radius 3 is 2.93 bits per heavy atom. The fraction of sp³-hybridized carbons (Fsp3) is 0.500.